The first-order chi connectivity index (χ1) is 9.83. The van der Waals surface area contributed by atoms with Gasteiger partial charge in [-0.2, -0.15) is 13.2 Å². The minimum absolute atomic E-state index is 0.0407. The summed E-state index contributed by atoms with van der Waals surface area (Å²) in [6.45, 7) is -0.455. The summed E-state index contributed by atoms with van der Waals surface area (Å²) in [5.41, 5.74) is 0.630. The summed E-state index contributed by atoms with van der Waals surface area (Å²) in [4.78, 5) is 16.7. The molecule has 0 aliphatic rings. The van der Waals surface area contributed by atoms with Crippen molar-refractivity contribution in [3.8, 4) is 11.8 Å². The first kappa shape index (κ1) is 17.0. The highest BCUT2D eigenvalue weighted by Gasteiger charge is 2.28. The molecule has 1 aromatic rings. The topological polar surface area (TPSA) is 53.4 Å². The Balaban J connectivity index is 2.65. The molecule has 0 saturated heterocycles. The molecule has 1 rings (SSSR count). The van der Waals surface area contributed by atoms with Gasteiger partial charge in [0, 0.05) is 31.8 Å². The van der Waals surface area contributed by atoms with Gasteiger partial charge < -0.3 is 10.0 Å². The van der Waals surface area contributed by atoms with Gasteiger partial charge in [0.1, 0.15) is 5.69 Å². The highest BCUT2D eigenvalue weighted by Crippen LogP contribution is 2.19. The van der Waals surface area contributed by atoms with E-state index in [1.165, 1.54) is 19.3 Å². The Bertz CT molecular complexity index is 530. The smallest absolute Gasteiger partial charge is 0.390 e. The van der Waals surface area contributed by atoms with Crippen LogP contribution in [0.25, 0.3) is 0 Å². The van der Waals surface area contributed by atoms with Gasteiger partial charge in [0.05, 0.1) is 13.0 Å². The number of carbonyl (C=O) groups is 1. The second-order valence-corrected chi connectivity index (χ2v) is 4.30. The summed E-state index contributed by atoms with van der Waals surface area (Å²) in [5, 5.41) is 8.58. The van der Waals surface area contributed by atoms with Crippen molar-refractivity contribution in [1.82, 2.24) is 9.88 Å². The van der Waals surface area contributed by atoms with Crippen molar-refractivity contribution in [2.45, 2.75) is 19.0 Å². The van der Waals surface area contributed by atoms with E-state index < -0.39 is 25.0 Å². The molecule has 114 valence electrons. The fourth-order valence-electron chi connectivity index (χ4n) is 1.41. The third-order valence-corrected chi connectivity index (χ3v) is 2.53. The van der Waals surface area contributed by atoms with Crippen molar-refractivity contribution in [3.63, 3.8) is 0 Å². The molecule has 1 N–H and O–H groups in total. The van der Waals surface area contributed by atoms with E-state index >= 15 is 0 Å². The molecule has 7 heteroatoms. The average Bonchev–Trinajstić information content (AvgIpc) is 2.44. The van der Waals surface area contributed by atoms with E-state index in [1.807, 2.05) is 0 Å². The average molecular weight is 300 g/mol. The number of pyridine rings is 1. The zero-order valence-corrected chi connectivity index (χ0v) is 11.4. The van der Waals surface area contributed by atoms with E-state index in [0.29, 0.717) is 12.0 Å². The fourth-order valence-corrected chi connectivity index (χ4v) is 1.41. The fraction of sp³-hybridized carbons (Fsp3) is 0.429. The zero-order chi connectivity index (χ0) is 15.9. The highest BCUT2D eigenvalue weighted by molar-refractivity contribution is 5.92. The summed E-state index contributed by atoms with van der Waals surface area (Å²) in [6.07, 6.45) is -3.65. The lowest BCUT2D eigenvalue weighted by molar-refractivity contribution is -0.136. The number of carbonyl (C=O) groups excluding carboxylic acids is 1. The molecule has 21 heavy (non-hydrogen) atoms. The van der Waals surface area contributed by atoms with E-state index in [9.17, 15) is 18.0 Å². The van der Waals surface area contributed by atoms with E-state index in [0.717, 1.165) is 4.90 Å². The lowest BCUT2D eigenvalue weighted by Gasteiger charge is -2.17. The molecule has 0 radical (unpaired) electrons. The number of rotatable bonds is 4. The Labute approximate surface area is 120 Å². The van der Waals surface area contributed by atoms with Gasteiger partial charge in [0.25, 0.3) is 5.91 Å². The van der Waals surface area contributed by atoms with Crippen LogP contribution in [0.3, 0.4) is 0 Å². The second-order valence-electron chi connectivity index (χ2n) is 4.30. The maximum Gasteiger partial charge on any atom is 0.390 e. The van der Waals surface area contributed by atoms with Gasteiger partial charge in [-0.15, -0.1) is 0 Å². The molecule has 0 aliphatic heterocycles. The molecule has 1 heterocycles. The first-order valence-electron chi connectivity index (χ1n) is 6.21. The number of nitrogens with zero attached hydrogens (tertiary/aromatic N) is 2. The molecule has 0 saturated carbocycles. The van der Waals surface area contributed by atoms with Crippen LogP contribution >= 0.6 is 0 Å². The Morgan fingerprint density at radius 3 is 2.67 bits per heavy atom. The molecule has 4 nitrogen and oxygen atoms in total. The molecule has 1 amide bonds. The molecule has 0 bridgehead atoms. The van der Waals surface area contributed by atoms with Crippen LogP contribution < -0.4 is 0 Å². The van der Waals surface area contributed by atoms with E-state index in [-0.39, 0.29) is 12.3 Å². The number of alkyl halides is 3. The summed E-state index contributed by atoms with van der Waals surface area (Å²) >= 11 is 0. The summed E-state index contributed by atoms with van der Waals surface area (Å²) in [6, 6.07) is 2.97. The van der Waals surface area contributed by atoms with Gasteiger partial charge in [-0.1, -0.05) is 11.8 Å². The third kappa shape index (κ3) is 6.27. The summed E-state index contributed by atoms with van der Waals surface area (Å²) in [5.74, 6) is 4.86. The number of aliphatic hydroxyl groups excluding tert-OH is 1. The predicted molar refractivity (Wildman–Crippen MR) is 70.5 cm³/mol. The highest BCUT2D eigenvalue weighted by atomic mass is 19.4. The molecule has 0 unspecified atom stereocenters. The van der Waals surface area contributed by atoms with Crippen molar-refractivity contribution < 1.29 is 23.1 Å². The van der Waals surface area contributed by atoms with Gasteiger partial charge in [-0.25, -0.2) is 4.98 Å². The van der Waals surface area contributed by atoms with Gasteiger partial charge in [-0.05, 0) is 12.1 Å². The Morgan fingerprint density at radius 1 is 1.43 bits per heavy atom. The molecule has 1 aromatic heterocycles. The van der Waals surface area contributed by atoms with Crippen molar-refractivity contribution in [1.29, 1.82) is 0 Å². The molecule has 0 atom stereocenters. The second kappa shape index (κ2) is 7.64. The SMILES string of the molecule is CN(CCC(F)(F)F)C(=O)c1ccc(C#CCCO)cn1. The Morgan fingerprint density at radius 2 is 2.14 bits per heavy atom. The maximum absolute atomic E-state index is 12.1. The molecule has 0 fully saturated rings. The third-order valence-electron chi connectivity index (χ3n) is 2.53. The predicted octanol–water partition coefficient (Wildman–Crippen LogP) is 1.84. The summed E-state index contributed by atoms with van der Waals surface area (Å²) in [7, 11) is 1.30. The largest absolute Gasteiger partial charge is 0.395 e. The van der Waals surface area contributed by atoms with Gasteiger partial charge in [-0.3, -0.25) is 4.79 Å². The Kier molecular flexibility index (Phi) is 6.18. The molecular formula is C14H15F3N2O2. The van der Waals surface area contributed by atoms with Gasteiger partial charge >= 0.3 is 6.18 Å². The van der Waals surface area contributed by atoms with Crippen molar-refractivity contribution in [2.75, 3.05) is 20.2 Å². The molecular weight excluding hydrogens is 285 g/mol. The van der Waals surface area contributed by atoms with Crippen LogP contribution in [-0.2, 0) is 0 Å². The van der Waals surface area contributed by atoms with E-state index in [4.69, 9.17) is 5.11 Å². The van der Waals surface area contributed by atoms with Crippen LogP contribution in [0.5, 0.6) is 0 Å². The standard InChI is InChI=1S/C14H15F3N2O2/c1-19(8-7-14(15,16)17)13(21)12-6-5-11(10-18-12)4-2-3-9-20/h5-6,10,20H,3,7-9H2,1H3. The quantitative estimate of drug-likeness (QED) is 0.863. The van der Waals surface area contributed by atoms with Gasteiger partial charge in [0.15, 0.2) is 0 Å². The maximum atomic E-state index is 12.1. The monoisotopic (exact) mass is 300 g/mol. The molecule has 0 spiro atoms. The Hall–Kier alpha value is -2.07. The van der Waals surface area contributed by atoms with Crippen LogP contribution in [0.15, 0.2) is 18.3 Å². The van der Waals surface area contributed by atoms with Gasteiger partial charge in [0.2, 0.25) is 0 Å². The van der Waals surface area contributed by atoms with E-state index in [2.05, 4.69) is 16.8 Å². The van der Waals surface area contributed by atoms with Crippen LogP contribution in [0, 0.1) is 11.8 Å². The first-order valence-corrected chi connectivity index (χ1v) is 6.21. The molecule has 0 aromatic carbocycles. The lowest BCUT2D eigenvalue weighted by Crippen LogP contribution is -2.31. The number of amides is 1. The minimum atomic E-state index is -4.30. The van der Waals surface area contributed by atoms with Crippen molar-refractivity contribution in [2.24, 2.45) is 0 Å². The van der Waals surface area contributed by atoms with Crippen molar-refractivity contribution in [3.05, 3.63) is 29.6 Å². The van der Waals surface area contributed by atoms with Crippen LogP contribution in [-0.4, -0.2) is 47.3 Å². The minimum Gasteiger partial charge on any atom is -0.395 e. The van der Waals surface area contributed by atoms with E-state index in [1.54, 1.807) is 6.07 Å². The molecule has 0 aliphatic carbocycles. The number of hydrogen-bond acceptors (Lipinski definition) is 3. The number of aromatic nitrogens is 1. The number of aliphatic hydroxyl groups is 1. The zero-order valence-electron chi connectivity index (χ0n) is 11.4. The van der Waals surface area contributed by atoms with Crippen molar-refractivity contribution >= 4 is 5.91 Å². The van der Waals surface area contributed by atoms with Crippen LogP contribution in [0.2, 0.25) is 0 Å². The lowest BCUT2D eigenvalue weighted by atomic mass is 10.2. The number of halogens is 3. The summed E-state index contributed by atoms with van der Waals surface area (Å²) < 4.78 is 36.3. The number of hydrogen-bond donors (Lipinski definition) is 1. The van der Waals surface area contributed by atoms with Crippen LogP contribution in [0.4, 0.5) is 13.2 Å². The van der Waals surface area contributed by atoms with Crippen LogP contribution in [0.1, 0.15) is 28.9 Å². The normalized spacial score (nSPS) is 10.7.